The molecule has 0 aliphatic heterocycles. The molecular weight excluding hydrogens is 304 g/mol. The van der Waals surface area contributed by atoms with Gasteiger partial charge in [-0.25, -0.2) is 0 Å². The average molecular weight is 321 g/mol. The smallest absolute Gasteiger partial charge is 0.119 e. The monoisotopic (exact) mass is 320 g/mol. The lowest BCUT2D eigenvalue weighted by atomic mass is 10.2. The third-order valence-electron chi connectivity index (χ3n) is 2.86. The molecule has 4 heteroatoms. The molecule has 2 N–H and O–H groups in total. The average Bonchev–Trinajstić information content (AvgIpc) is 2.41. The minimum atomic E-state index is 0.618. The lowest BCUT2D eigenvalue weighted by molar-refractivity contribution is 0.326. The van der Waals surface area contributed by atoms with Crippen molar-refractivity contribution in [2.45, 2.75) is 0 Å². The van der Waals surface area contributed by atoms with E-state index in [2.05, 4.69) is 20.8 Å². The van der Waals surface area contributed by atoms with E-state index in [1.54, 1.807) is 0 Å². The Hall–Kier alpha value is -1.68. The first-order valence-electron chi connectivity index (χ1n) is 6.11. The molecule has 3 nitrogen and oxygen atoms in total. The number of rotatable bonds is 5. The Labute approximate surface area is 122 Å². The second-order valence-electron chi connectivity index (χ2n) is 4.28. The van der Waals surface area contributed by atoms with Gasteiger partial charge in [0.2, 0.25) is 0 Å². The second kappa shape index (κ2) is 6.48. The van der Waals surface area contributed by atoms with E-state index >= 15 is 0 Å². The predicted molar refractivity (Wildman–Crippen MR) is 83.8 cm³/mol. The van der Waals surface area contributed by atoms with Gasteiger partial charge in [-0.3, -0.25) is 0 Å². The molecule has 0 aliphatic rings. The number of hydrogen-bond donors (Lipinski definition) is 1. The van der Waals surface area contributed by atoms with Crippen LogP contribution in [-0.4, -0.2) is 20.2 Å². The zero-order valence-corrected chi connectivity index (χ0v) is 12.4. The van der Waals surface area contributed by atoms with E-state index < -0.39 is 0 Å². The van der Waals surface area contributed by atoms with Gasteiger partial charge < -0.3 is 15.4 Å². The standard InChI is InChI=1S/C15H17BrN2O/c1-18(15-5-3-2-4-14(15)17)10-11-19-13-8-6-12(16)7-9-13/h2-9H,10-11,17H2,1H3. The summed E-state index contributed by atoms with van der Waals surface area (Å²) < 4.78 is 6.74. The van der Waals surface area contributed by atoms with Crippen molar-refractivity contribution in [2.75, 3.05) is 30.8 Å². The highest BCUT2D eigenvalue weighted by Crippen LogP contribution is 2.21. The first-order chi connectivity index (χ1) is 9.16. The van der Waals surface area contributed by atoms with E-state index in [9.17, 15) is 0 Å². The normalized spacial score (nSPS) is 10.2. The zero-order valence-electron chi connectivity index (χ0n) is 10.8. The van der Waals surface area contributed by atoms with E-state index in [4.69, 9.17) is 10.5 Å². The van der Waals surface area contributed by atoms with Crippen molar-refractivity contribution in [1.29, 1.82) is 0 Å². The number of nitrogens with zero attached hydrogens (tertiary/aromatic N) is 1. The maximum atomic E-state index is 5.93. The molecule has 19 heavy (non-hydrogen) atoms. The second-order valence-corrected chi connectivity index (χ2v) is 5.20. The minimum Gasteiger partial charge on any atom is -0.492 e. The van der Waals surface area contributed by atoms with Gasteiger partial charge in [-0.05, 0) is 36.4 Å². The molecule has 0 unspecified atom stereocenters. The van der Waals surface area contributed by atoms with Crippen LogP contribution in [0.3, 0.4) is 0 Å². The minimum absolute atomic E-state index is 0.618. The molecule has 0 saturated carbocycles. The van der Waals surface area contributed by atoms with Crippen molar-refractivity contribution in [3.05, 3.63) is 53.0 Å². The van der Waals surface area contributed by atoms with Crippen LogP contribution < -0.4 is 15.4 Å². The molecule has 100 valence electrons. The summed E-state index contributed by atoms with van der Waals surface area (Å²) in [5, 5.41) is 0. The summed E-state index contributed by atoms with van der Waals surface area (Å²) in [5.74, 6) is 0.873. The highest BCUT2D eigenvalue weighted by molar-refractivity contribution is 9.10. The molecule has 0 saturated heterocycles. The molecule has 0 aliphatic carbocycles. The Kier molecular flexibility index (Phi) is 4.68. The number of nitrogens with two attached hydrogens (primary N) is 1. The summed E-state index contributed by atoms with van der Waals surface area (Å²) in [4.78, 5) is 2.09. The summed E-state index contributed by atoms with van der Waals surface area (Å²) in [6, 6.07) is 15.7. The van der Waals surface area contributed by atoms with Crippen molar-refractivity contribution < 1.29 is 4.74 Å². The van der Waals surface area contributed by atoms with Gasteiger partial charge in [0.15, 0.2) is 0 Å². The largest absolute Gasteiger partial charge is 0.492 e. The van der Waals surface area contributed by atoms with Gasteiger partial charge in [-0.1, -0.05) is 28.1 Å². The van der Waals surface area contributed by atoms with Crippen molar-refractivity contribution in [3.63, 3.8) is 0 Å². The molecule has 2 rings (SSSR count). The maximum absolute atomic E-state index is 5.93. The number of halogens is 1. The summed E-state index contributed by atoms with van der Waals surface area (Å²) >= 11 is 3.40. The summed E-state index contributed by atoms with van der Waals surface area (Å²) in [5.41, 5.74) is 7.75. The van der Waals surface area contributed by atoms with Gasteiger partial charge in [-0.2, -0.15) is 0 Å². The van der Waals surface area contributed by atoms with Crippen molar-refractivity contribution in [3.8, 4) is 5.75 Å². The number of nitrogen functional groups attached to an aromatic ring is 1. The Bertz CT molecular complexity index is 528. The zero-order chi connectivity index (χ0) is 13.7. The van der Waals surface area contributed by atoms with E-state index in [0.29, 0.717) is 6.61 Å². The first-order valence-corrected chi connectivity index (χ1v) is 6.90. The SMILES string of the molecule is CN(CCOc1ccc(Br)cc1)c1ccccc1N. The molecule has 0 heterocycles. The quantitative estimate of drug-likeness (QED) is 0.856. The van der Waals surface area contributed by atoms with Gasteiger partial charge in [-0.15, -0.1) is 0 Å². The first kappa shape index (κ1) is 13.7. The number of para-hydroxylation sites is 2. The fraction of sp³-hybridized carbons (Fsp3) is 0.200. The van der Waals surface area contributed by atoms with E-state index in [0.717, 1.165) is 28.1 Å². The molecule has 0 amide bonds. The lowest BCUT2D eigenvalue weighted by Gasteiger charge is -2.21. The van der Waals surface area contributed by atoms with Crippen LogP contribution >= 0.6 is 15.9 Å². The van der Waals surface area contributed by atoms with Crippen molar-refractivity contribution in [2.24, 2.45) is 0 Å². The molecule has 0 aromatic heterocycles. The molecule has 0 atom stereocenters. The number of ether oxygens (including phenoxy) is 1. The van der Waals surface area contributed by atoms with Crippen LogP contribution in [0.25, 0.3) is 0 Å². The third kappa shape index (κ3) is 3.89. The Morgan fingerprint density at radius 1 is 1.11 bits per heavy atom. The van der Waals surface area contributed by atoms with Crippen LogP contribution in [0, 0.1) is 0 Å². The maximum Gasteiger partial charge on any atom is 0.119 e. The predicted octanol–water partition coefficient (Wildman–Crippen LogP) is 3.55. The van der Waals surface area contributed by atoms with Crippen LogP contribution in [0.2, 0.25) is 0 Å². The van der Waals surface area contributed by atoms with E-state index in [1.807, 2.05) is 55.6 Å². The topological polar surface area (TPSA) is 38.5 Å². The number of benzene rings is 2. The van der Waals surface area contributed by atoms with Crippen LogP contribution in [0.5, 0.6) is 5.75 Å². The van der Waals surface area contributed by atoms with Crippen LogP contribution in [0.4, 0.5) is 11.4 Å². The highest BCUT2D eigenvalue weighted by atomic mass is 79.9. The summed E-state index contributed by atoms with van der Waals surface area (Å²) in [6.45, 7) is 1.40. The Morgan fingerprint density at radius 3 is 2.47 bits per heavy atom. The van der Waals surface area contributed by atoms with Crippen LogP contribution in [0.15, 0.2) is 53.0 Å². The van der Waals surface area contributed by atoms with Crippen LogP contribution in [-0.2, 0) is 0 Å². The van der Waals surface area contributed by atoms with E-state index in [1.165, 1.54) is 0 Å². The van der Waals surface area contributed by atoms with Gasteiger partial charge in [0.25, 0.3) is 0 Å². The number of hydrogen-bond acceptors (Lipinski definition) is 3. The number of likely N-dealkylation sites (N-methyl/N-ethyl adjacent to an activating group) is 1. The van der Waals surface area contributed by atoms with Crippen LogP contribution in [0.1, 0.15) is 0 Å². The van der Waals surface area contributed by atoms with Gasteiger partial charge >= 0.3 is 0 Å². The van der Waals surface area contributed by atoms with E-state index in [-0.39, 0.29) is 0 Å². The highest BCUT2D eigenvalue weighted by Gasteiger charge is 2.04. The lowest BCUT2D eigenvalue weighted by Crippen LogP contribution is -2.24. The van der Waals surface area contributed by atoms with Gasteiger partial charge in [0, 0.05) is 11.5 Å². The Morgan fingerprint density at radius 2 is 1.79 bits per heavy atom. The summed E-state index contributed by atoms with van der Waals surface area (Å²) in [7, 11) is 2.01. The number of anilines is 2. The molecule has 0 fully saturated rings. The van der Waals surface area contributed by atoms with Crippen molar-refractivity contribution >= 4 is 27.3 Å². The Balaban J connectivity index is 1.86. The van der Waals surface area contributed by atoms with Gasteiger partial charge in [0.05, 0.1) is 17.9 Å². The molecular formula is C15H17BrN2O. The van der Waals surface area contributed by atoms with Crippen molar-refractivity contribution in [1.82, 2.24) is 0 Å². The third-order valence-corrected chi connectivity index (χ3v) is 3.39. The molecule has 0 spiro atoms. The summed E-state index contributed by atoms with van der Waals surface area (Å²) in [6.07, 6.45) is 0. The molecule has 0 radical (unpaired) electrons. The van der Waals surface area contributed by atoms with Gasteiger partial charge in [0.1, 0.15) is 12.4 Å². The molecule has 2 aromatic rings. The molecule has 0 bridgehead atoms. The molecule has 2 aromatic carbocycles. The fourth-order valence-corrected chi connectivity index (χ4v) is 2.05. The fourth-order valence-electron chi connectivity index (χ4n) is 1.79.